The Balaban J connectivity index is 2.71. The third-order valence-electron chi connectivity index (χ3n) is 2.65. The van der Waals surface area contributed by atoms with Crippen molar-refractivity contribution in [2.45, 2.75) is 33.1 Å². The van der Waals surface area contributed by atoms with E-state index in [2.05, 4.69) is 37.9 Å². The summed E-state index contributed by atoms with van der Waals surface area (Å²) in [5.41, 5.74) is 1.21. The van der Waals surface area contributed by atoms with Crippen molar-refractivity contribution in [2.24, 2.45) is 5.92 Å². The van der Waals surface area contributed by atoms with Gasteiger partial charge in [0.05, 0.1) is 0 Å². The zero-order valence-electron chi connectivity index (χ0n) is 8.12. The molecular weight excluding hydrogens is 146 g/mol. The molecule has 1 aromatic rings. The highest BCUT2D eigenvalue weighted by Crippen LogP contribution is 2.23. The Morgan fingerprint density at radius 1 is 1.33 bits per heavy atom. The molecule has 2 atom stereocenters. The quantitative estimate of drug-likeness (QED) is 0.666. The van der Waals surface area contributed by atoms with Crippen molar-refractivity contribution in [3.8, 4) is 0 Å². The van der Waals surface area contributed by atoms with Gasteiger partial charge in [0.2, 0.25) is 0 Å². The molecule has 0 aliphatic carbocycles. The lowest BCUT2D eigenvalue weighted by Gasteiger charge is -2.16. The molecule has 66 valence electrons. The molecule has 0 aliphatic heterocycles. The van der Waals surface area contributed by atoms with E-state index in [0.717, 1.165) is 5.92 Å². The molecule has 0 bridgehead atoms. The zero-order valence-corrected chi connectivity index (χ0v) is 8.12. The summed E-state index contributed by atoms with van der Waals surface area (Å²) in [5, 5.41) is 0. The minimum atomic E-state index is 0.580. The van der Waals surface area contributed by atoms with Crippen LogP contribution >= 0.6 is 0 Å². The van der Waals surface area contributed by atoms with E-state index in [1.165, 1.54) is 12.1 Å². The van der Waals surface area contributed by atoms with Crippen LogP contribution < -0.4 is 0 Å². The average molecular weight is 163 g/mol. The van der Waals surface area contributed by atoms with Gasteiger partial charge in [-0.3, -0.25) is 4.98 Å². The van der Waals surface area contributed by atoms with Crippen LogP contribution in [0.3, 0.4) is 0 Å². The Labute approximate surface area is 74.8 Å². The van der Waals surface area contributed by atoms with Crippen molar-refractivity contribution in [1.82, 2.24) is 4.98 Å². The molecule has 0 aromatic carbocycles. The van der Waals surface area contributed by atoms with Gasteiger partial charge in [-0.05, 0) is 18.1 Å². The van der Waals surface area contributed by atoms with Gasteiger partial charge in [-0.25, -0.2) is 0 Å². The smallest absolute Gasteiger partial charge is 0.0434 e. The molecule has 0 N–H and O–H groups in total. The maximum Gasteiger partial charge on any atom is 0.0434 e. The number of nitrogens with zero attached hydrogens (tertiary/aromatic N) is 1. The first kappa shape index (κ1) is 9.24. The van der Waals surface area contributed by atoms with E-state index in [0.29, 0.717) is 5.92 Å². The fourth-order valence-electron chi connectivity index (χ4n) is 1.29. The molecule has 12 heavy (non-hydrogen) atoms. The predicted octanol–water partition coefficient (Wildman–Crippen LogP) is 3.23. The Kier molecular flexibility index (Phi) is 3.27. The lowest BCUT2D eigenvalue weighted by atomic mass is 9.90. The fraction of sp³-hybridized carbons (Fsp3) is 0.545. The molecule has 1 aromatic heterocycles. The molecule has 0 saturated carbocycles. The summed E-state index contributed by atoms with van der Waals surface area (Å²) < 4.78 is 0. The van der Waals surface area contributed by atoms with Gasteiger partial charge < -0.3 is 0 Å². The number of aromatic nitrogens is 1. The van der Waals surface area contributed by atoms with E-state index in [1.807, 2.05) is 12.3 Å². The van der Waals surface area contributed by atoms with Crippen LogP contribution in [0.2, 0.25) is 0 Å². The highest BCUT2D eigenvalue weighted by atomic mass is 14.7. The Morgan fingerprint density at radius 2 is 2.08 bits per heavy atom. The van der Waals surface area contributed by atoms with Gasteiger partial charge in [0.15, 0.2) is 0 Å². The van der Waals surface area contributed by atoms with Gasteiger partial charge in [-0.2, -0.15) is 0 Å². The normalized spacial score (nSPS) is 15.6. The minimum Gasteiger partial charge on any atom is -0.261 e. The number of pyridine rings is 1. The van der Waals surface area contributed by atoms with Gasteiger partial charge in [0.25, 0.3) is 0 Å². The molecular formula is C11H17N. The van der Waals surface area contributed by atoms with E-state index in [1.54, 1.807) is 0 Å². The second-order valence-electron chi connectivity index (χ2n) is 3.43. The topological polar surface area (TPSA) is 12.9 Å². The van der Waals surface area contributed by atoms with Crippen LogP contribution in [0.25, 0.3) is 0 Å². The predicted molar refractivity (Wildman–Crippen MR) is 52.1 cm³/mol. The maximum atomic E-state index is 4.35. The third kappa shape index (κ3) is 2.07. The molecule has 1 rings (SSSR count). The van der Waals surface area contributed by atoms with Crippen LogP contribution in [0.5, 0.6) is 0 Å². The van der Waals surface area contributed by atoms with Gasteiger partial charge in [0, 0.05) is 17.8 Å². The molecule has 1 heterocycles. The number of hydrogen-bond acceptors (Lipinski definition) is 1. The van der Waals surface area contributed by atoms with Crippen LogP contribution in [0.4, 0.5) is 0 Å². The molecule has 0 spiro atoms. The van der Waals surface area contributed by atoms with E-state index in [9.17, 15) is 0 Å². The summed E-state index contributed by atoms with van der Waals surface area (Å²) >= 11 is 0. The molecule has 2 unspecified atom stereocenters. The van der Waals surface area contributed by atoms with Crippen molar-refractivity contribution in [1.29, 1.82) is 0 Å². The van der Waals surface area contributed by atoms with E-state index in [4.69, 9.17) is 0 Å². The highest BCUT2D eigenvalue weighted by molar-refractivity contribution is 5.09. The van der Waals surface area contributed by atoms with Gasteiger partial charge in [0.1, 0.15) is 0 Å². The monoisotopic (exact) mass is 163 g/mol. The van der Waals surface area contributed by atoms with Crippen LogP contribution in [0.15, 0.2) is 24.4 Å². The van der Waals surface area contributed by atoms with Crippen molar-refractivity contribution < 1.29 is 0 Å². The van der Waals surface area contributed by atoms with Crippen LogP contribution in [0, 0.1) is 5.92 Å². The average Bonchev–Trinajstić information content (AvgIpc) is 2.17. The summed E-state index contributed by atoms with van der Waals surface area (Å²) in [4.78, 5) is 4.35. The maximum absolute atomic E-state index is 4.35. The van der Waals surface area contributed by atoms with Gasteiger partial charge in [-0.1, -0.05) is 33.3 Å². The Morgan fingerprint density at radius 3 is 2.58 bits per heavy atom. The SMILES string of the molecule is CCC(C)C(C)c1ccccn1. The van der Waals surface area contributed by atoms with Crippen LogP contribution in [-0.4, -0.2) is 4.98 Å². The molecule has 1 heteroatoms. The highest BCUT2D eigenvalue weighted by Gasteiger charge is 2.12. The summed E-state index contributed by atoms with van der Waals surface area (Å²) in [5.74, 6) is 1.30. The van der Waals surface area contributed by atoms with Crippen molar-refractivity contribution in [3.05, 3.63) is 30.1 Å². The molecule has 0 aliphatic rings. The number of hydrogen-bond donors (Lipinski definition) is 0. The third-order valence-corrected chi connectivity index (χ3v) is 2.65. The first-order valence-electron chi connectivity index (χ1n) is 4.66. The van der Waals surface area contributed by atoms with Gasteiger partial charge >= 0.3 is 0 Å². The summed E-state index contributed by atoms with van der Waals surface area (Å²) in [6, 6.07) is 6.13. The minimum absolute atomic E-state index is 0.580. The molecule has 0 saturated heterocycles. The van der Waals surface area contributed by atoms with Crippen LogP contribution in [0.1, 0.15) is 38.8 Å². The van der Waals surface area contributed by atoms with Crippen LogP contribution in [-0.2, 0) is 0 Å². The summed E-state index contributed by atoms with van der Waals surface area (Å²) in [7, 11) is 0. The largest absolute Gasteiger partial charge is 0.261 e. The molecule has 1 nitrogen and oxygen atoms in total. The second kappa shape index (κ2) is 4.24. The Bertz CT molecular complexity index is 218. The molecule has 0 amide bonds. The fourth-order valence-corrected chi connectivity index (χ4v) is 1.29. The van der Waals surface area contributed by atoms with Crippen molar-refractivity contribution >= 4 is 0 Å². The molecule has 0 fully saturated rings. The lowest BCUT2D eigenvalue weighted by Crippen LogP contribution is -2.06. The standard InChI is InChI=1S/C11H17N/c1-4-9(2)10(3)11-7-5-6-8-12-11/h5-10H,4H2,1-3H3. The lowest BCUT2D eigenvalue weighted by molar-refractivity contribution is 0.465. The summed E-state index contributed by atoms with van der Waals surface area (Å²) in [6.45, 7) is 6.75. The van der Waals surface area contributed by atoms with E-state index in [-0.39, 0.29) is 0 Å². The zero-order chi connectivity index (χ0) is 8.97. The summed E-state index contributed by atoms with van der Waals surface area (Å²) in [6.07, 6.45) is 3.09. The van der Waals surface area contributed by atoms with E-state index >= 15 is 0 Å². The molecule has 0 radical (unpaired) electrons. The number of rotatable bonds is 3. The van der Waals surface area contributed by atoms with Gasteiger partial charge in [-0.15, -0.1) is 0 Å². The first-order chi connectivity index (χ1) is 5.75. The Hall–Kier alpha value is -0.850. The second-order valence-corrected chi connectivity index (χ2v) is 3.43. The van der Waals surface area contributed by atoms with Crippen molar-refractivity contribution in [3.63, 3.8) is 0 Å². The van der Waals surface area contributed by atoms with Crippen molar-refractivity contribution in [2.75, 3.05) is 0 Å². The first-order valence-corrected chi connectivity index (χ1v) is 4.66. The van der Waals surface area contributed by atoms with E-state index < -0.39 is 0 Å².